The summed E-state index contributed by atoms with van der Waals surface area (Å²) in [5, 5.41) is 7.29. The largest absolute Gasteiger partial charge is 0.381 e. The number of aromatic nitrogens is 3. The number of methoxy groups -OCH3 is 1. The van der Waals surface area contributed by atoms with Gasteiger partial charge in [-0.2, -0.15) is 0 Å². The lowest BCUT2D eigenvalue weighted by Crippen LogP contribution is -2.35. The maximum absolute atomic E-state index is 12.1. The predicted molar refractivity (Wildman–Crippen MR) is 118 cm³/mol. The molecule has 1 N–H and O–H groups in total. The first-order valence-corrected chi connectivity index (χ1v) is 11.3. The first-order chi connectivity index (χ1) is 15.0. The van der Waals surface area contributed by atoms with E-state index in [-0.39, 0.29) is 11.9 Å². The number of amides is 1. The number of rotatable bonds is 4. The van der Waals surface area contributed by atoms with Crippen molar-refractivity contribution in [2.45, 2.75) is 77.0 Å². The Morgan fingerprint density at radius 3 is 2.65 bits per heavy atom. The van der Waals surface area contributed by atoms with Crippen molar-refractivity contribution in [1.82, 2.24) is 20.0 Å². The predicted octanol–water partition coefficient (Wildman–Crippen LogP) is 4.78. The Labute approximate surface area is 182 Å². The second kappa shape index (κ2) is 8.11. The minimum atomic E-state index is -0.0312. The van der Waals surface area contributed by atoms with Crippen LogP contribution in [0.4, 0.5) is 0 Å². The minimum Gasteiger partial charge on any atom is -0.381 e. The number of hydrogen-bond donors (Lipinski definition) is 1. The van der Waals surface area contributed by atoms with E-state index in [9.17, 15) is 4.79 Å². The molecule has 1 aliphatic heterocycles. The van der Waals surface area contributed by atoms with Gasteiger partial charge in [0.1, 0.15) is 11.6 Å². The first kappa shape index (κ1) is 20.2. The van der Waals surface area contributed by atoms with Crippen molar-refractivity contribution in [2.24, 2.45) is 0 Å². The molecule has 7 heteroatoms. The average molecular weight is 423 g/mol. The number of nitrogens with one attached hydrogen (secondary N) is 1. The van der Waals surface area contributed by atoms with Crippen molar-refractivity contribution in [1.29, 1.82) is 0 Å². The third-order valence-corrected chi connectivity index (χ3v) is 6.92. The molecule has 5 rings (SSSR count). The maximum Gasteiger partial charge on any atom is 0.220 e. The van der Waals surface area contributed by atoms with Gasteiger partial charge in [0, 0.05) is 25.1 Å². The van der Waals surface area contributed by atoms with Crippen LogP contribution in [0.1, 0.15) is 74.3 Å². The van der Waals surface area contributed by atoms with Gasteiger partial charge in [-0.15, -0.1) is 0 Å². The Hall–Kier alpha value is -2.67. The van der Waals surface area contributed by atoms with Crippen LogP contribution in [0.5, 0.6) is 0 Å². The lowest BCUT2D eigenvalue weighted by molar-refractivity contribution is -0.123. The number of carbonyl (C=O) groups is 1. The van der Waals surface area contributed by atoms with Crippen LogP contribution < -0.4 is 5.32 Å². The van der Waals surface area contributed by atoms with E-state index in [1.807, 2.05) is 13.8 Å². The summed E-state index contributed by atoms with van der Waals surface area (Å²) < 4.78 is 13.4. The molecule has 2 aliphatic rings. The molecule has 1 saturated carbocycles. The number of hydrogen-bond acceptors (Lipinski definition) is 5. The number of fused-ring (bicyclic) bond motifs is 1. The van der Waals surface area contributed by atoms with Crippen LogP contribution >= 0.6 is 0 Å². The van der Waals surface area contributed by atoms with E-state index in [1.165, 1.54) is 0 Å². The number of imidazole rings is 1. The molecule has 0 spiro atoms. The third-order valence-electron chi connectivity index (χ3n) is 6.92. The standard InChI is InChI=1S/C24H30N4O3/c1-14-23(15(2)31-27-14)16-7-12-21-20(13-16)26-24(19-5-4-6-22(29)25-19)28(21)17-8-10-18(30-3)11-9-17/h7,12-13,17-19H,4-6,8-11H2,1-3H3,(H,25,29)/t17-,18-,19-/m0/s1. The lowest BCUT2D eigenvalue weighted by Gasteiger charge is -2.32. The number of piperidine rings is 1. The van der Waals surface area contributed by atoms with E-state index in [4.69, 9.17) is 14.2 Å². The summed E-state index contributed by atoms with van der Waals surface area (Å²) in [5.41, 5.74) is 5.07. The molecule has 31 heavy (non-hydrogen) atoms. The van der Waals surface area contributed by atoms with Gasteiger partial charge in [-0.1, -0.05) is 11.2 Å². The van der Waals surface area contributed by atoms with E-state index in [0.717, 1.165) is 78.0 Å². The van der Waals surface area contributed by atoms with E-state index >= 15 is 0 Å². The van der Waals surface area contributed by atoms with Gasteiger partial charge in [-0.05, 0) is 70.1 Å². The second-order valence-electron chi connectivity index (χ2n) is 8.92. The maximum atomic E-state index is 12.1. The molecule has 1 atom stereocenters. The van der Waals surface area contributed by atoms with Gasteiger partial charge in [0.2, 0.25) is 5.91 Å². The van der Waals surface area contributed by atoms with E-state index in [0.29, 0.717) is 18.6 Å². The van der Waals surface area contributed by atoms with Crippen LogP contribution in [0, 0.1) is 13.8 Å². The monoisotopic (exact) mass is 422 g/mol. The average Bonchev–Trinajstić information content (AvgIpc) is 3.33. The second-order valence-corrected chi connectivity index (χ2v) is 8.92. The smallest absolute Gasteiger partial charge is 0.220 e. The third kappa shape index (κ3) is 3.65. The summed E-state index contributed by atoms with van der Waals surface area (Å²) in [7, 11) is 1.80. The van der Waals surface area contributed by atoms with Crippen LogP contribution in [0.25, 0.3) is 22.2 Å². The fourth-order valence-corrected chi connectivity index (χ4v) is 5.34. The Bertz CT molecular complexity index is 1090. The Morgan fingerprint density at radius 2 is 1.97 bits per heavy atom. The first-order valence-electron chi connectivity index (χ1n) is 11.3. The zero-order valence-corrected chi connectivity index (χ0v) is 18.5. The van der Waals surface area contributed by atoms with Gasteiger partial charge >= 0.3 is 0 Å². The Morgan fingerprint density at radius 1 is 1.16 bits per heavy atom. The molecule has 3 heterocycles. The van der Waals surface area contributed by atoms with E-state index in [1.54, 1.807) is 7.11 Å². The van der Waals surface area contributed by atoms with Crippen molar-refractivity contribution >= 4 is 16.9 Å². The van der Waals surface area contributed by atoms with Crippen LogP contribution in [-0.4, -0.2) is 33.8 Å². The Balaban J connectivity index is 1.60. The molecule has 0 radical (unpaired) electrons. The molecule has 1 aromatic carbocycles. The van der Waals surface area contributed by atoms with Crippen molar-refractivity contribution in [2.75, 3.05) is 7.11 Å². The highest BCUT2D eigenvalue weighted by Gasteiger charge is 2.30. The van der Waals surface area contributed by atoms with Crippen LogP contribution in [0.15, 0.2) is 22.7 Å². The van der Waals surface area contributed by atoms with Gasteiger partial charge in [-0.3, -0.25) is 4.79 Å². The molecule has 3 aromatic rings. The van der Waals surface area contributed by atoms with Gasteiger partial charge in [-0.25, -0.2) is 4.98 Å². The topological polar surface area (TPSA) is 82.2 Å². The summed E-state index contributed by atoms with van der Waals surface area (Å²) in [5.74, 6) is 1.92. The molecule has 164 valence electrons. The fourth-order valence-electron chi connectivity index (χ4n) is 5.34. The highest BCUT2D eigenvalue weighted by molar-refractivity contribution is 5.84. The SMILES string of the molecule is CO[C@H]1CC[C@H](n2c([C@@H]3CCCC(=O)N3)nc3cc(-c4c(C)noc4C)ccc32)CC1. The van der Waals surface area contributed by atoms with Crippen LogP contribution in [0.2, 0.25) is 0 Å². The molecule has 2 aromatic heterocycles. The summed E-state index contributed by atoms with van der Waals surface area (Å²) in [6, 6.07) is 6.77. The Kier molecular flexibility index (Phi) is 5.30. The van der Waals surface area contributed by atoms with Gasteiger partial charge in [0.25, 0.3) is 0 Å². The zero-order valence-electron chi connectivity index (χ0n) is 18.5. The number of carbonyl (C=O) groups excluding carboxylic acids is 1. The fraction of sp³-hybridized carbons (Fsp3) is 0.542. The summed E-state index contributed by atoms with van der Waals surface area (Å²) in [6.45, 7) is 3.90. The minimum absolute atomic E-state index is 0.0312. The molecular formula is C24H30N4O3. The molecule has 7 nitrogen and oxygen atoms in total. The lowest BCUT2D eigenvalue weighted by atomic mass is 9.92. The van der Waals surface area contributed by atoms with Gasteiger partial charge in [0.15, 0.2) is 0 Å². The molecule has 1 aliphatic carbocycles. The number of ether oxygens (including phenoxy) is 1. The quantitative estimate of drug-likeness (QED) is 0.654. The van der Waals surface area contributed by atoms with E-state index in [2.05, 4.69) is 33.2 Å². The van der Waals surface area contributed by atoms with Crippen molar-refractivity contribution < 1.29 is 14.1 Å². The molecule has 0 bridgehead atoms. The molecule has 1 amide bonds. The van der Waals surface area contributed by atoms with Crippen LogP contribution in [0.3, 0.4) is 0 Å². The zero-order chi connectivity index (χ0) is 21.5. The summed E-state index contributed by atoms with van der Waals surface area (Å²) in [6.07, 6.45) is 7.00. The number of nitrogens with zero attached hydrogens (tertiary/aromatic N) is 3. The van der Waals surface area contributed by atoms with Crippen LogP contribution in [-0.2, 0) is 9.53 Å². The number of benzene rings is 1. The van der Waals surface area contributed by atoms with E-state index < -0.39 is 0 Å². The van der Waals surface area contributed by atoms with Crippen molar-refractivity contribution in [3.8, 4) is 11.1 Å². The van der Waals surface area contributed by atoms with Gasteiger partial charge < -0.3 is 19.1 Å². The normalized spacial score (nSPS) is 24.5. The summed E-state index contributed by atoms with van der Waals surface area (Å²) in [4.78, 5) is 17.2. The molecule has 1 saturated heterocycles. The molecule has 2 fully saturated rings. The number of aryl methyl sites for hydroxylation is 2. The van der Waals surface area contributed by atoms with Crippen molar-refractivity contribution in [3.63, 3.8) is 0 Å². The van der Waals surface area contributed by atoms with Gasteiger partial charge in [0.05, 0.1) is 28.9 Å². The highest BCUT2D eigenvalue weighted by Crippen LogP contribution is 2.38. The molecular weight excluding hydrogens is 392 g/mol. The molecule has 0 unspecified atom stereocenters. The highest BCUT2D eigenvalue weighted by atomic mass is 16.5. The van der Waals surface area contributed by atoms with Crippen molar-refractivity contribution in [3.05, 3.63) is 35.5 Å². The summed E-state index contributed by atoms with van der Waals surface area (Å²) >= 11 is 0.